The lowest BCUT2D eigenvalue weighted by Crippen LogP contribution is -2.30. The first-order valence-corrected chi connectivity index (χ1v) is 13.5. The molecule has 0 radical (unpaired) electrons. The molecular weight excluding hydrogens is 414 g/mol. The first-order valence-electron chi connectivity index (χ1n) is 13.5. The van der Waals surface area contributed by atoms with Crippen molar-refractivity contribution >= 4 is 11.7 Å². The van der Waals surface area contributed by atoms with Crippen LogP contribution in [-0.4, -0.2) is 42.0 Å². The minimum absolute atomic E-state index is 0.104. The summed E-state index contributed by atoms with van der Waals surface area (Å²) in [5.74, 6) is -0.983. The van der Waals surface area contributed by atoms with Crippen molar-refractivity contribution in [3.8, 4) is 0 Å². The predicted molar refractivity (Wildman–Crippen MR) is 138 cm³/mol. The number of carboxylic acid groups (broad SMARTS) is 1. The minimum Gasteiger partial charge on any atom is -0.478 e. The molecule has 1 rings (SSSR count). The van der Waals surface area contributed by atoms with Gasteiger partial charge in [0.05, 0.1) is 24.8 Å². The van der Waals surface area contributed by atoms with Crippen molar-refractivity contribution < 1.29 is 19.7 Å². The summed E-state index contributed by atoms with van der Waals surface area (Å²) in [6, 6.07) is 6.42. The fraction of sp³-hybridized carbons (Fsp3) is 0.750. The molecule has 5 heteroatoms. The van der Waals surface area contributed by atoms with Gasteiger partial charge in [0.2, 0.25) is 0 Å². The summed E-state index contributed by atoms with van der Waals surface area (Å²) in [5.41, 5.74) is 0.712. The van der Waals surface area contributed by atoms with E-state index in [0.717, 1.165) is 6.42 Å². The molecule has 0 bridgehead atoms. The van der Waals surface area contributed by atoms with Gasteiger partial charge < -0.3 is 20.3 Å². The van der Waals surface area contributed by atoms with E-state index in [9.17, 15) is 15.0 Å². The second-order valence-corrected chi connectivity index (χ2v) is 9.25. The van der Waals surface area contributed by atoms with Gasteiger partial charge in [-0.1, -0.05) is 115 Å². The predicted octanol–water partition coefficient (Wildman–Crippen LogP) is 7.44. The zero-order valence-electron chi connectivity index (χ0n) is 21.0. The summed E-state index contributed by atoms with van der Waals surface area (Å²) in [6.07, 6.45) is 21.6. The number of carbonyl (C=O) groups is 1. The van der Waals surface area contributed by atoms with Crippen molar-refractivity contribution in [2.75, 3.05) is 25.1 Å². The molecular formula is C28H49NO4. The lowest BCUT2D eigenvalue weighted by atomic mass is 10.0. The Balaban J connectivity index is 1.91. The van der Waals surface area contributed by atoms with Crippen molar-refractivity contribution in [2.45, 2.75) is 116 Å². The van der Waals surface area contributed by atoms with Gasteiger partial charge in [0.15, 0.2) is 0 Å². The number of hydrogen-bond donors (Lipinski definition) is 3. The smallest absolute Gasteiger partial charge is 0.337 e. The lowest BCUT2D eigenvalue weighted by Gasteiger charge is -2.19. The van der Waals surface area contributed by atoms with Crippen molar-refractivity contribution in [1.82, 2.24) is 0 Å². The largest absolute Gasteiger partial charge is 0.478 e. The number of aromatic carboxylic acids is 1. The van der Waals surface area contributed by atoms with Crippen LogP contribution in [0.1, 0.15) is 120 Å². The number of ether oxygens (including phenoxy) is 1. The number of para-hydroxylation sites is 1. The third kappa shape index (κ3) is 15.8. The van der Waals surface area contributed by atoms with E-state index in [1.807, 2.05) is 0 Å². The number of anilines is 1. The summed E-state index contributed by atoms with van der Waals surface area (Å²) in [5, 5.41) is 21.9. The molecule has 1 unspecified atom stereocenters. The van der Waals surface area contributed by atoms with Crippen LogP contribution in [0.2, 0.25) is 0 Å². The molecule has 1 aromatic carbocycles. The Labute approximate surface area is 202 Å². The second kappa shape index (κ2) is 21.0. The molecule has 0 saturated carbocycles. The molecule has 190 valence electrons. The molecule has 0 spiro atoms. The van der Waals surface area contributed by atoms with E-state index in [1.165, 1.54) is 96.3 Å². The molecule has 0 saturated heterocycles. The maximum atomic E-state index is 11.3. The summed E-state index contributed by atoms with van der Waals surface area (Å²) in [7, 11) is 0. The van der Waals surface area contributed by atoms with Crippen LogP contribution in [0.5, 0.6) is 0 Å². The summed E-state index contributed by atoms with van der Waals surface area (Å²) in [6.45, 7) is 3.21. The van der Waals surface area contributed by atoms with Gasteiger partial charge in [-0.2, -0.15) is 0 Å². The van der Waals surface area contributed by atoms with Crippen LogP contribution in [0.3, 0.4) is 0 Å². The first-order chi connectivity index (χ1) is 16.2. The Hall–Kier alpha value is -1.59. The molecule has 0 amide bonds. The molecule has 0 fully saturated rings. The maximum Gasteiger partial charge on any atom is 0.337 e. The Morgan fingerprint density at radius 2 is 1.30 bits per heavy atom. The van der Waals surface area contributed by atoms with E-state index < -0.39 is 5.97 Å². The van der Waals surface area contributed by atoms with Gasteiger partial charge in [-0.05, 0) is 18.6 Å². The number of aliphatic hydroxyl groups is 1. The first kappa shape index (κ1) is 29.4. The number of hydrogen-bond acceptors (Lipinski definition) is 4. The third-order valence-corrected chi connectivity index (χ3v) is 6.20. The van der Waals surface area contributed by atoms with Gasteiger partial charge >= 0.3 is 5.97 Å². The number of unbranched alkanes of at least 4 members (excludes halogenated alkanes) is 15. The van der Waals surface area contributed by atoms with Gasteiger partial charge in [0.1, 0.15) is 0 Å². The molecule has 5 nitrogen and oxygen atoms in total. The average molecular weight is 464 g/mol. The standard InChI is InChI=1S/C28H49NO4/c1-2-3-4-5-6-7-8-9-10-11-12-13-14-15-16-19-22-33-24-25(23-30)29-27-21-18-17-20-26(27)28(31)32/h17-18,20-21,25,29-30H,2-16,19,22-24H2,1H3,(H,31,32). The Morgan fingerprint density at radius 3 is 1.79 bits per heavy atom. The molecule has 0 aliphatic rings. The number of aliphatic hydroxyl groups excluding tert-OH is 1. The van der Waals surface area contributed by atoms with Crippen LogP contribution in [0.4, 0.5) is 5.69 Å². The molecule has 0 aliphatic heterocycles. The maximum absolute atomic E-state index is 11.3. The van der Waals surface area contributed by atoms with E-state index in [1.54, 1.807) is 24.3 Å². The summed E-state index contributed by atoms with van der Waals surface area (Å²) in [4.78, 5) is 11.3. The van der Waals surface area contributed by atoms with Gasteiger partial charge in [0.25, 0.3) is 0 Å². The van der Waals surface area contributed by atoms with E-state index in [-0.39, 0.29) is 18.2 Å². The highest BCUT2D eigenvalue weighted by atomic mass is 16.5. The molecule has 0 aromatic heterocycles. The fourth-order valence-electron chi connectivity index (χ4n) is 4.13. The Kier molecular flexibility index (Phi) is 18.7. The molecule has 33 heavy (non-hydrogen) atoms. The highest BCUT2D eigenvalue weighted by molar-refractivity contribution is 5.94. The quantitative estimate of drug-likeness (QED) is 0.147. The molecule has 3 N–H and O–H groups in total. The topological polar surface area (TPSA) is 78.8 Å². The van der Waals surface area contributed by atoms with Crippen molar-refractivity contribution in [3.63, 3.8) is 0 Å². The van der Waals surface area contributed by atoms with Gasteiger partial charge in [0, 0.05) is 12.3 Å². The monoisotopic (exact) mass is 463 g/mol. The van der Waals surface area contributed by atoms with Crippen LogP contribution in [-0.2, 0) is 4.74 Å². The summed E-state index contributed by atoms with van der Waals surface area (Å²) >= 11 is 0. The number of carboxylic acids is 1. The van der Waals surface area contributed by atoms with Crippen LogP contribution in [0, 0.1) is 0 Å². The van der Waals surface area contributed by atoms with Crippen LogP contribution >= 0.6 is 0 Å². The van der Waals surface area contributed by atoms with E-state index in [0.29, 0.717) is 18.9 Å². The zero-order chi connectivity index (χ0) is 24.0. The Bertz CT molecular complexity index is 593. The highest BCUT2D eigenvalue weighted by Gasteiger charge is 2.13. The Morgan fingerprint density at radius 1 is 0.818 bits per heavy atom. The van der Waals surface area contributed by atoms with Crippen molar-refractivity contribution in [1.29, 1.82) is 0 Å². The van der Waals surface area contributed by atoms with E-state index in [2.05, 4.69) is 12.2 Å². The van der Waals surface area contributed by atoms with Gasteiger partial charge in [-0.15, -0.1) is 0 Å². The van der Waals surface area contributed by atoms with Crippen LogP contribution in [0.25, 0.3) is 0 Å². The van der Waals surface area contributed by atoms with Crippen LogP contribution in [0.15, 0.2) is 24.3 Å². The van der Waals surface area contributed by atoms with E-state index in [4.69, 9.17) is 4.74 Å². The van der Waals surface area contributed by atoms with Gasteiger partial charge in [-0.3, -0.25) is 0 Å². The van der Waals surface area contributed by atoms with E-state index >= 15 is 0 Å². The minimum atomic E-state index is -0.983. The SMILES string of the molecule is CCCCCCCCCCCCCCCCCCOCC(CO)Nc1ccccc1C(=O)O. The van der Waals surface area contributed by atoms with Crippen LogP contribution < -0.4 is 5.32 Å². The molecule has 0 aliphatic carbocycles. The normalized spacial score (nSPS) is 12.1. The van der Waals surface area contributed by atoms with Crippen molar-refractivity contribution in [3.05, 3.63) is 29.8 Å². The number of benzene rings is 1. The third-order valence-electron chi connectivity index (χ3n) is 6.20. The fourth-order valence-corrected chi connectivity index (χ4v) is 4.13. The molecule has 1 atom stereocenters. The lowest BCUT2D eigenvalue weighted by molar-refractivity contribution is 0.0697. The van der Waals surface area contributed by atoms with Gasteiger partial charge in [-0.25, -0.2) is 4.79 Å². The number of rotatable bonds is 23. The second-order valence-electron chi connectivity index (χ2n) is 9.25. The highest BCUT2D eigenvalue weighted by Crippen LogP contribution is 2.16. The molecule has 1 aromatic rings. The number of nitrogens with one attached hydrogen (secondary N) is 1. The molecule has 0 heterocycles. The summed E-state index contributed by atoms with van der Waals surface area (Å²) < 4.78 is 5.71. The van der Waals surface area contributed by atoms with Crippen molar-refractivity contribution in [2.24, 2.45) is 0 Å². The zero-order valence-corrected chi connectivity index (χ0v) is 21.0. The average Bonchev–Trinajstić information content (AvgIpc) is 2.82.